The van der Waals surface area contributed by atoms with Gasteiger partial charge in [0.2, 0.25) is 11.8 Å². The highest BCUT2D eigenvalue weighted by atomic mass is 19.4. The van der Waals surface area contributed by atoms with Crippen LogP contribution < -0.4 is 15.4 Å². The number of nitrogens with one attached hydrogen (secondary N) is 2. The molecule has 2 amide bonds. The number of benzene rings is 2. The Bertz CT molecular complexity index is 963. The zero-order valence-electron chi connectivity index (χ0n) is 17.4. The summed E-state index contributed by atoms with van der Waals surface area (Å²) in [5.74, 6) is -1.81. The Morgan fingerprint density at radius 2 is 1.52 bits per heavy atom. The molecule has 12 heteroatoms. The first-order valence-corrected chi connectivity index (χ1v) is 9.68. The van der Waals surface area contributed by atoms with E-state index in [9.17, 15) is 35.9 Å². The van der Waals surface area contributed by atoms with Crippen molar-refractivity contribution in [1.82, 2.24) is 10.2 Å². The monoisotopic (exact) mass is 477 g/mol. The number of ether oxygens (including phenoxy) is 1. The van der Waals surface area contributed by atoms with Gasteiger partial charge in [0.15, 0.2) is 0 Å². The van der Waals surface area contributed by atoms with Crippen LogP contribution in [0.2, 0.25) is 0 Å². The maximum Gasteiger partial charge on any atom is 0.573 e. The van der Waals surface area contributed by atoms with Gasteiger partial charge in [0.25, 0.3) is 0 Å². The van der Waals surface area contributed by atoms with E-state index in [-0.39, 0.29) is 31.7 Å². The van der Waals surface area contributed by atoms with Gasteiger partial charge in [-0.1, -0.05) is 37.3 Å². The molecule has 0 aromatic heterocycles. The smallest absolute Gasteiger partial charge is 0.405 e. The summed E-state index contributed by atoms with van der Waals surface area (Å²) in [6.07, 6.45) is -9.54. The molecule has 0 saturated heterocycles. The van der Waals surface area contributed by atoms with Gasteiger partial charge in [0.1, 0.15) is 5.75 Å². The van der Waals surface area contributed by atoms with E-state index < -0.39 is 41.4 Å². The molecule has 0 aliphatic carbocycles. The third-order valence-electron chi connectivity index (χ3n) is 4.36. The Kier molecular flexibility index (Phi) is 8.69. The molecule has 2 rings (SSSR count). The molecule has 180 valence electrons. The van der Waals surface area contributed by atoms with Gasteiger partial charge in [-0.25, -0.2) is 0 Å². The van der Waals surface area contributed by atoms with E-state index in [1.54, 1.807) is 6.92 Å². The van der Waals surface area contributed by atoms with Crippen molar-refractivity contribution in [2.45, 2.75) is 26.0 Å². The molecule has 33 heavy (non-hydrogen) atoms. The number of alkyl halides is 6. The Morgan fingerprint density at radius 3 is 2.15 bits per heavy atom. The minimum Gasteiger partial charge on any atom is -0.405 e. The average molecular weight is 477 g/mol. The molecular formula is C21H21F6N3O3. The quantitative estimate of drug-likeness (QED) is 0.532. The van der Waals surface area contributed by atoms with E-state index in [2.05, 4.69) is 15.4 Å². The van der Waals surface area contributed by atoms with Crippen LogP contribution in [0.5, 0.6) is 5.75 Å². The first-order valence-electron chi connectivity index (χ1n) is 9.68. The zero-order valence-corrected chi connectivity index (χ0v) is 17.4. The van der Waals surface area contributed by atoms with Crippen molar-refractivity contribution >= 4 is 17.5 Å². The van der Waals surface area contributed by atoms with Crippen LogP contribution in [-0.2, 0) is 22.3 Å². The van der Waals surface area contributed by atoms with E-state index in [0.29, 0.717) is 0 Å². The van der Waals surface area contributed by atoms with Crippen LogP contribution in [0.1, 0.15) is 18.1 Å². The van der Waals surface area contributed by atoms with Crippen molar-refractivity contribution in [1.29, 1.82) is 0 Å². The predicted octanol–water partition coefficient (Wildman–Crippen LogP) is 4.18. The molecule has 2 aromatic carbocycles. The van der Waals surface area contributed by atoms with Crippen LogP contribution in [-0.4, -0.2) is 42.7 Å². The lowest BCUT2D eigenvalue weighted by Crippen LogP contribution is -2.41. The standard InChI is InChI=1S/C21H21F6N3O3/c1-2-30(13-19(32)29-16-9-5-4-8-15(16)20(22,23)24)12-18(31)28-11-14-7-3-6-10-17(14)33-21(25,26)27/h3-10H,2,11-13H2,1H3,(H,28,31)(H,29,32). The van der Waals surface area contributed by atoms with Crippen LogP contribution in [0.4, 0.5) is 32.0 Å². The highest BCUT2D eigenvalue weighted by Gasteiger charge is 2.34. The highest BCUT2D eigenvalue weighted by molar-refractivity contribution is 5.93. The van der Waals surface area contributed by atoms with Gasteiger partial charge in [-0.2, -0.15) is 13.2 Å². The second kappa shape index (κ2) is 11.0. The van der Waals surface area contributed by atoms with Crippen LogP contribution >= 0.6 is 0 Å². The van der Waals surface area contributed by atoms with Crippen LogP contribution in [0.15, 0.2) is 48.5 Å². The van der Waals surface area contributed by atoms with Crippen molar-refractivity contribution in [3.8, 4) is 5.75 Å². The summed E-state index contributed by atoms with van der Waals surface area (Å²) in [6.45, 7) is 0.928. The Labute approximate surface area is 185 Å². The molecule has 0 saturated carbocycles. The molecule has 2 N–H and O–H groups in total. The predicted molar refractivity (Wildman–Crippen MR) is 107 cm³/mol. The molecule has 0 heterocycles. The van der Waals surface area contributed by atoms with E-state index >= 15 is 0 Å². The molecule has 2 aromatic rings. The molecular weight excluding hydrogens is 456 g/mol. The number of carbonyl (C=O) groups excluding carboxylic acids is 2. The first kappa shape index (κ1) is 26.0. The Morgan fingerprint density at radius 1 is 0.909 bits per heavy atom. The fourth-order valence-electron chi connectivity index (χ4n) is 2.84. The van der Waals surface area contributed by atoms with E-state index in [4.69, 9.17) is 0 Å². The van der Waals surface area contributed by atoms with Crippen LogP contribution in [0, 0.1) is 0 Å². The minimum absolute atomic E-state index is 0.0905. The number of hydrogen-bond donors (Lipinski definition) is 2. The maximum atomic E-state index is 13.1. The lowest BCUT2D eigenvalue weighted by atomic mass is 10.1. The number of nitrogens with zero attached hydrogens (tertiary/aromatic N) is 1. The number of likely N-dealkylation sites (N-methyl/N-ethyl adjacent to an activating group) is 1. The lowest BCUT2D eigenvalue weighted by molar-refractivity contribution is -0.274. The number of halogens is 6. The van der Waals surface area contributed by atoms with Crippen LogP contribution in [0.25, 0.3) is 0 Å². The van der Waals surface area contributed by atoms with Crippen molar-refractivity contribution < 1.29 is 40.7 Å². The second-order valence-corrected chi connectivity index (χ2v) is 6.83. The fraction of sp³-hybridized carbons (Fsp3) is 0.333. The van der Waals surface area contributed by atoms with Gasteiger partial charge in [0.05, 0.1) is 24.3 Å². The number of amides is 2. The van der Waals surface area contributed by atoms with Gasteiger partial charge in [-0.3, -0.25) is 14.5 Å². The number of para-hydroxylation sites is 2. The van der Waals surface area contributed by atoms with Crippen molar-refractivity contribution in [2.75, 3.05) is 25.0 Å². The first-order chi connectivity index (χ1) is 15.4. The largest absolute Gasteiger partial charge is 0.573 e. The normalized spacial score (nSPS) is 11.9. The van der Waals surface area contributed by atoms with Crippen molar-refractivity contribution in [2.24, 2.45) is 0 Å². The fourth-order valence-corrected chi connectivity index (χ4v) is 2.84. The summed E-state index contributed by atoms with van der Waals surface area (Å²) in [5.41, 5.74) is -1.32. The summed E-state index contributed by atoms with van der Waals surface area (Å²) in [4.78, 5) is 25.8. The van der Waals surface area contributed by atoms with E-state index in [1.165, 1.54) is 35.2 Å². The molecule has 0 fully saturated rings. The molecule has 0 bridgehead atoms. The van der Waals surface area contributed by atoms with Gasteiger partial charge in [-0.15, -0.1) is 13.2 Å². The van der Waals surface area contributed by atoms with Gasteiger partial charge in [-0.05, 0) is 24.7 Å². The van der Waals surface area contributed by atoms with E-state index in [1.807, 2.05) is 0 Å². The average Bonchev–Trinajstić information content (AvgIpc) is 2.71. The number of hydrogen-bond acceptors (Lipinski definition) is 4. The molecule has 0 spiro atoms. The molecule has 0 atom stereocenters. The molecule has 0 aliphatic heterocycles. The molecule has 6 nitrogen and oxygen atoms in total. The third-order valence-corrected chi connectivity index (χ3v) is 4.36. The summed E-state index contributed by atoms with van der Waals surface area (Å²) in [7, 11) is 0. The summed E-state index contributed by atoms with van der Waals surface area (Å²) in [6, 6.07) is 9.77. The molecule has 0 unspecified atom stereocenters. The van der Waals surface area contributed by atoms with Crippen molar-refractivity contribution in [3.05, 3.63) is 59.7 Å². The second-order valence-electron chi connectivity index (χ2n) is 6.83. The van der Waals surface area contributed by atoms with Gasteiger partial charge in [0, 0.05) is 12.1 Å². The number of anilines is 1. The molecule has 0 aliphatic rings. The number of rotatable bonds is 9. The Hall–Kier alpha value is -3.28. The van der Waals surface area contributed by atoms with Crippen LogP contribution in [0.3, 0.4) is 0 Å². The maximum absolute atomic E-state index is 13.1. The van der Waals surface area contributed by atoms with Gasteiger partial charge < -0.3 is 15.4 Å². The minimum atomic E-state index is -4.89. The topological polar surface area (TPSA) is 70.7 Å². The highest BCUT2D eigenvalue weighted by Crippen LogP contribution is 2.34. The molecule has 0 radical (unpaired) electrons. The van der Waals surface area contributed by atoms with E-state index in [0.717, 1.165) is 18.2 Å². The third kappa shape index (κ3) is 8.64. The number of carbonyl (C=O) groups is 2. The lowest BCUT2D eigenvalue weighted by Gasteiger charge is -2.20. The summed E-state index contributed by atoms with van der Waals surface area (Å²) in [5, 5.41) is 4.62. The zero-order chi connectivity index (χ0) is 24.6. The SMILES string of the molecule is CCN(CC(=O)NCc1ccccc1OC(F)(F)F)CC(=O)Nc1ccccc1C(F)(F)F. The Balaban J connectivity index is 1.93. The summed E-state index contributed by atoms with van der Waals surface area (Å²) < 4.78 is 80.6. The summed E-state index contributed by atoms with van der Waals surface area (Å²) >= 11 is 0. The van der Waals surface area contributed by atoms with Gasteiger partial charge >= 0.3 is 12.5 Å². The van der Waals surface area contributed by atoms with Crippen molar-refractivity contribution in [3.63, 3.8) is 0 Å².